The van der Waals surface area contributed by atoms with Crippen molar-refractivity contribution in [3.63, 3.8) is 0 Å². The maximum absolute atomic E-state index is 12.3. The Balaban J connectivity index is 1.49. The third-order valence-corrected chi connectivity index (χ3v) is 4.66. The topological polar surface area (TPSA) is 86.9 Å². The van der Waals surface area contributed by atoms with Crippen molar-refractivity contribution in [3.05, 3.63) is 48.5 Å². The first kappa shape index (κ1) is 19.9. The van der Waals surface area contributed by atoms with E-state index in [1.165, 1.54) is 0 Å². The Hall–Kier alpha value is -3.39. The van der Waals surface area contributed by atoms with Crippen LogP contribution in [0.15, 0.2) is 53.1 Å². The molecule has 1 fully saturated rings. The molecule has 156 valence electrons. The Kier molecular flexibility index (Phi) is 6.24. The standard InChI is InChI=1S/C22H23N3O5/c1-2-28-19-14-17(21-23-22(30-24-21)16-6-4-3-5-7-16)8-9-18(19)29-15-20(26)25-10-12-27-13-11-25/h3-9,14H,2,10-13,15H2,1H3. The Morgan fingerprint density at radius 3 is 2.60 bits per heavy atom. The minimum Gasteiger partial charge on any atom is -0.490 e. The number of rotatable bonds is 7. The van der Waals surface area contributed by atoms with Crippen LogP contribution < -0.4 is 9.47 Å². The van der Waals surface area contributed by atoms with E-state index in [-0.39, 0.29) is 12.5 Å². The number of morpholine rings is 1. The van der Waals surface area contributed by atoms with E-state index in [4.69, 9.17) is 18.7 Å². The molecule has 0 spiro atoms. The summed E-state index contributed by atoms with van der Waals surface area (Å²) >= 11 is 0. The number of carbonyl (C=O) groups excluding carboxylic acids is 1. The lowest BCUT2D eigenvalue weighted by Gasteiger charge is -2.26. The number of aromatic nitrogens is 2. The molecule has 4 rings (SSSR count). The summed E-state index contributed by atoms with van der Waals surface area (Å²) in [5.41, 5.74) is 1.58. The number of carbonyl (C=O) groups is 1. The molecule has 0 unspecified atom stereocenters. The van der Waals surface area contributed by atoms with Gasteiger partial charge >= 0.3 is 0 Å². The summed E-state index contributed by atoms with van der Waals surface area (Å²) in [5.74, 6) is 1.84. The van der Waals surface area contributed by atoms with Crippen molar-refractivity contribution < 1.29 is 23.5 Å². The highest BCUT2D eigenvalue weighted by molar-refractivity contribution is 5.78. The number of hydrogen-bond acceptors (Lipinski definition) is 7. The van der Waals surface area contributed by atoms with Crippen molar-refractivity contribution in [2.24, 2.45) is 0 Å². The summed E-state index contributed by atoms with van der Waals surface area (Å²) in [6.45, 7) is 4.57. The molecule has 0 aliphatic carbocycles. The van der Waals surface area contributed by atoms with Crippen molar-refractivity contribution in [2.75, 3.05) is 39.5 Å². The van der Waals surface area contributed by atoms with Crippen molar-refractivity contribution in [1.82, 2.24) is 15.0 Å². The Morgan fingerprint density at radius 1 is 1.03 bits per heavy atom. The lowest BCUT2D eigenvalue weighted by atomic mass is 10.2. The maximum atomic E-state index is 12.3. The first-order valence-corrected chi connectivity index (χ1v) is 9.89. The summed E-state index contributed by atoms with van der Waals surface area (Å²) in [6.07, 6.45) is 0. The average Bonchev–Trinajstić information content (AvgIpc) is 3.30. The average molecular weight is 409 g/mol. The van der Waals surface area contributed by atoms with Gasteiger partial charge in [-0.05, 0) is 37.3 Å². The fourth-order valence-corrected chi connectivity index (χ4v) is 3.12. The smallest absolute Gasteiger partial charge is 0.260 e. The number of amides is 1. The zero-order valence-corrected chi connectivity index (χ0v) is 16.7. The number of nitrogens with zero attached hydrogens (tertiary/aromatic N) is 3. The van der Waals surface area contributed by atoms with Gasteiger partial charge in [-0.15, -0.1) is 0 Å². The van der Waals surface area contributed by atoms with Crippen LogP contribution >= 0.6 is 0 Å². The molecule has 0 bridgehead atoms. The first-order chi connectivity index (χ1) is 14.7. The second kappa shape index (κ2) is 9.41. The van der Waals surface area contributed by atoms with Gasteiger partial charge in [-0.1, -0.05) is 23.4 Å². The third-order valence-electron chi connectivity index (χ3n) is 4.66. The summed E-state index contributed by atoms with van der Waals surface area (Å²) in [7, 11) is 0. The molecule has 2 heterocycles. The quantitative estimate of drug-likeness (QED) is 0.593. The molecule has 0 atom stereocenters. The van der Waals surface area contributed by atoms with Crippen molar-refractivity contribution in [3.8, 4) is 34.3 Å². The largest absolute Gasteiger partial charge is 0.490 e. The Bertz CT molecular complexity index is 983. The molecule has 0 saturated carbocycles. The molecule has 3 aromatic rings. The lowest BCUT2D eigenvalue weighted by molar-refractivity contribution is -0.137. The van der Waals surface area contributed by atoms with Gasteiger partial charge in [0.2, 0.25) is 5.82 Å². The summed E-state index contributed by atoms with van der Waals surface area (Å²) in [6, 6.07) is 14.9. The third kappa shape index (κ3) is 4.60. The SMILES string of the molecule is CCOc1cc(-c2noc(-c3ccccc3)n2)ccc1OCC(=O)N1CCOCC1. The van der Waals surface area contributed by atoms with Crippen molar-refractivity contribution in [2.45, 2.75) is 6.92 Å². The van der Waals surface area contributed by atoms with Gasteiger partial charge in [0.15, 0.2) is 18.1 Å². The summed E-state index contributed by atoms with van der Waals surface area (Å²) in [4.78, 5) is 18.5. The zero-order chi connectivity index (χ0) is 20.8. The molecule has 8 heteroatoms. The van der Waals surface area contributed by atoms with E-state index in [0.717, 1.165) is 11.1 Å². The number of ether oxygens (including phenoxy) is 3. The summed E-state index contributed by atoms with van der Waals surface area (Å²) in [5, 5.41) is 4.07. The van der Waals surface area contributed by atoms with E-state index in [0.29, 0.717) is 56.1 Å². The van der Waals surface area contributed by atoms with Crippen LogP contribution in [0.5, 0.6) is 11.5 Å². The molecule has 1 aliphatic rings. The Morgan fingerprint density at radius 2 is 1.83 bits per heavy atom. The van der Waals surface area contributed by atoms with Crippen LogP contribution in [0.4, 0.5) is 0 Å². The highest BCUT2D eigenvalue weighted by Crippen LogP contribution is 2.32. The van der Waals surface area contributed by atoms with Crippen LogP contribution in [0.2, 0.25) is 0 Å². The van der Waals surface area contributed by atoms with E-state index in [2.05, 4.69) is 10.1 Å². The van der Waals surface area contributed by atoms with Gasteiger partial charge < -0.3 is 23.6 Å². The van der Waals surface area contributed by atoms with Gasteiger partial charge in [-0.25, -0.2) is 0 Å². The predicted molar refractivity (Wildman–Crippen MR) is 109 cm³/mol. The molecular weight excluding hydrogens is 386 g/mol. The van der Waals surface area contributed by atoms with E-state index >= 15 is 0 Å². The monoisotopic (exact) mass is 409 g/mol. The van der Waals surface area contributed by atoms with E-state index in [1.807, 2.05) is 43.3 Å². The lowest BCUT2D eigenvalue weighted by Crippen LogP contribution is -2.43. The van der Waals surface area contributed by atoms with Crippen molar-refractivity contribution >= 4 is 5.91 Å². The van der Waals surface area contributed by atoms with Crippen LogP contribution in [-0.4, -0.2) is 60.5 Å². The number of hydrogen-bond donors (Lipinski definition) is 0. The normalized spacial score (nSPS) is 13.8. The number of benzene rings is 2. The minimum atomic E-state index is -0.0736. The highest BCUT2D eigenvalue weighted by atomic mass is 16.5. The summed E-state index contributed by atoms with van der Waals surface area (Å²) < 4.78 is 22.1. The van der Waals surface area contributed by atoms with Gasteiger partial charge in [0.25, 0.3) is 11.8 Å². The predicted octanol–water partition coefficient (Wildman–Crippen LogP) is 3.04. The molecule has 1 aliphatic heterocycles. The van der Waals surface area contributed by atoms with E-state index in [9.17, 15) is 4.79 Å². The highest BCUT2D eigenvalue weighted by Gasteiger charge is 2.19. The molecule has 0 N–H and O–H groups in total. The van der Waals surface area contributed by atoms with Gasteiger partial charge in [0.05, 0.1) is 19.8 Å². The van der Waals surface area contributed by atoms with Gasteiger partial charge in [0.1, 0.15) is 0 Å². The molecule has 1 aromatic heterocycles. The van der Waals surface area contributed by atoms with Gasteiger partial charge in [0, 0.05) is 24.2 Å². The van der Waals surface area contributed by atoms with Crippen LogP contribution in [-0.2, 0) is 9.53 Å². The molecule has 0 radical (unpaired) electrons. The molecule has 1 saturated heterocycles. The molecule has 1 amide bonds. The fourth-order valence-electron chi connectivity index (χ4n) is 3.12. The maximum Gasteiger partial charge on any atom is 0.260 e. The van der Waals surface area contributed by atoms with Gasteiger partial charge in [-0.2, -0.15) is 4.98 Å². The molecule has 8 nitrogen and oxygen atoms in total. The zero-order valence-electron chi connectivity index (χ0n) is 16.7. The van der Waals surface area contributed by atoms with Crippen LogP contribution in [0, 0.1) is 0 Å². The van der Waals surface area contributed by atoms with Crippen LogP contribution in [0.3, 0.4) is 0 Å². The second-order valence-electron chi connectivity index (χ2n) is 6.67. The second-order valence-corrected chi connectivity index (χ2v) is 6.67. The van der Waals surface area contributed by atoms with Crippen LogP contribution in [0.25, 0.3) is 22.8 Å². The minimum absolute atomic E-state index is 0.0558. The van der Waals surface area contributed by atoms with Gasteiger partial charge in [-0.3, -0.25) is 4.79 Å². The van der Waals surface area contributed by atoms with Crippen LogP contribution in [0.1, 0.15) is 6.92 Å². The van der Waals surface area contributed by atoms with Crippen molar-refractivity contribution in [1.29, 1.82) is 0 Å². The Labute approximate surface area is 174 Å². The van der Waals surface area contributed by atoms with E-state index < -0.39 is 0 Å². The first-order valence-electron chi connectivity index (χ1n) is 9.89. The molecule has 30 heavy (non-hydrogen) atoms. The fraction of sp³-hybridized carbons (Fsp3) is 0.318. The molecule has 2 aromatic carbocycles. The molecular formula is C22H23N3O5. The van der Waals surface area contributed by atoms with E-state index in [1.54, 1.807) is 17.0 Å².